The van der Waals surface area contributed by atoms with E-state index >= 15 is 0 Å². The van der Waals surface area contributed by atoms with Crippen LogP contribution in [-0.2, 0) is 11.8 Å². The van der Waals surface area contributed by atoms with Crippen molar-refractivity contribution in [1.82, 2.24) is 34.4 Å². The van der Waals surface area contributed by atoms with E-state index in [1.807, 2.05) is 59.8 Å². The summed E-state index contributed by atoms with van der Waals surface area (Å²) in [7, 11) is 1.91. The number of nitrogens with zero attached hydrogens (tertiary/aromatic N) is 7. The van der Waals surface area contributed by atoms with Gasteiger partial charge in [0.1, 0.15) is 28.9 Å². The van der Waals surface area contributed by atoms with Crippen molar-refractivity contribution in [2.45, 2.75) is 44.2 Å². The first-order valence-corrected chi connectivity index (χ1v) is 13.4. The molecule has 2 fully saturated rings. The number of amides is 1. The standard InChI is InChI=1S/C30H28N8O2/c1-4-27(39)38-19-6-9-25(38)21(12-19)22-7-8-23-28(36-22)29(33-15-32-23)35-18-5-10-26(17(2)11-18)40-20-13-24-30(31-14-20)37(3)16-34-24/h4-5,7-8,10-11,13-16,19,21,25H,1,6,9,12H2,2-3H3,(H,32,33,35)/t19-,21+,25+/m0/s1. The molecule has 0 aliphatic carbocycles. The Bertz CT molecular complexity index is 1800. The van der Waals surface area contributed by atoms with E-state index in [-0.39, 0.29) is 23.9 Å². The first-order chi connectivity index (χ1) is 19.5. The van der Waals surface area contributed by atoms with Crippen molar-refractivity contribution in [3.8, 4) is 11.5 Å². The predicted octanol–water partition coefficient (Wildman–Crippen LogP) is 5.18. The van der Waals surface area contributed by atoms with Crippen LogP contribution in [0.25, 0.3) is 22.2 Å². The molecule has 4 aromatic heterocycles. The zero-order valence-electron chi connectivity index (χ0n) is 22.3. The number of aromatic nitrogens is 6. The summed E-state index contributed by atoms with van der Waals surface area (Å²) in [5.41, 5.74) is 5.84. The second-order valence-electron chi connectivity index (χ2n) is 10.5. The van der Waals surface area contributed by atoms with Crippen LogP contribution in [0, 0.1) is 6.92 Å². The molecule has 0 radical (unpaired) electrons. The smallest absolute Gasteiger partial charge is 0.246 e. The fraction of sp³-hybridized carbons (Fsp3) is 0.267. The zero-order chi connectivity index (χ0) is 27.4. The van der Waals surface area contributed by atoms with Crippen LogP contribution in [0.2, 0.25) is 0 Å². The number of pyridine rings is 2. The number of benzene rings is 1. The highest BCUT2D eigenvalue weighted by Gasteiger charge is 2.48. The molecule has 7 rings (SSSR count). The molecule has 10 nitrogen and oxygen atoms in total. The number of hydrogen-bond acceptors (Lipinski definition) is 8. The Morgan fingerprint density at radius 3 is 2.85 bits per heavy atom. The maximum atomic E-state index is 12.5. The number of fused-ring (bicyclic) bond motifs is 4. The van der Waals surface area contributed by atoms with E-state index in [4.69, 9.17) is 9.72 Å². The summed E-state index contributed by atoms with van der Waals surface area (Å²) in [5.74, 6) is 2.19. The van der Waals surface area contributed by atoms with Gasteiger partial charge >= 0.3 is 0 Å². The Labute approximate surface area is 230 Å². The fourth-order valence-electron chi connectivity index (χ4n) is 6.17. The van der Waals surface area contributed by atoms with E-state index in [0.29, 0.717) is 17.1 Å². The van der Waals surface area contributed by atoms with E-state index in [0.717, 1.165) is 58.6 Å². The minimum Gasteiger partial charge on any atom is -0.455 e. The lowest BCUT2D eigenvalue weighted by Crippen LogP contribution is -2.34. The van der Waals surface area contributed by atoms with Crippen LogP contribution in [0.15, 0.2) is 67.9 Å². The molecule has 1 aromatic carbocycles. The SMILES string of the molecule is C=CC(=O)N1[C@H]2CC[C@@H]1[C@@H](c1ccc3ncnc(Nc4ccc(Oc5cnc6c(c5)ncn6C)c(C)c4)c3n1)C2. The van der Waals surface area contributed by atoms with E-state index in [1.165, 1.54) is 6.08 Å². The number of aryl methyl sites for hydroxylation is 2. The summed E-state index contributed by atoms with van der Waals surface area (Å²) >= 11 is 0. The van der Waals surface area contributed by atoms with Gasteiger partial charge in [-0.3, -0.25) is 4.79 Å². The molecule has 2 bridgehead atoms. The molecular formula is C30H28N8O2. The van der Waals surface area contributed by atoms with Crippen LogP contribution in [0.1, 0.15) is 36.4 Å². The maximum absolute atomic E-state index is 12.5. The van der Waals surface area contributed by atoms with Gasteiger partial charge in [0, 0.05) is 42.5 Å². The quantitative estimate of drug-likeness (QED) is 0.298. The molecule has 5 aromatic rings. The van der Waals surface area contributed by atoms with Gasteiger partial charge in [-0.05, 0) is 68.2 Å². The number of imidazole rings is 1. The van der Waals surface area contributed by atoms with Crippen molar-refractivity contribution in [2.24, 2.45) is 7.05 Å². The van der Waals surface area contributed by atoms with Crippen LogP contribution >= 0.6 is 0 Å². The Morgan fingerprint density at radius 1 is 1.10 bits per heavy atom. The Hall–Kier alpha value is -4.86. The summed E-state index contributed by atoms with van der Waals surface area (Å²) in [4.78, 5) is 37.3. The van der Waals surface area contributed by atoms with E-state index in [9.17, 15) is 4.79 Å². The highest BCUT2D eigenvalue weighted by atomic mass is 16.5. The molecule has 2 saturated heterocycles. The number of nitrogens with one attached hydrogen (secondary N) is 1. The Kier molecular flexibility index (Phi) is 5.69. The number of anilines is 2. The van der Waals surface area contributed by atoms with Crippen LogP contribution < -0.4 is 10.1 Å². The van der Waals surface area contributed by atoms with Crippen molar-refractivity contribution in [2.75, 3.05) is 5.32 Å². The minimum absolute atomic E-state index is 0.0119. The molecule has 200 valence electrons. The van der Waals surface area contributed by atoms with Gasteiger partial charge in [0.05, 0.1) is 18.0 Å². The highest BCUT2D eigenvalue weighted by Crippen LogP contribution is 2.46. The Morgan fingerprint density at radius 2 is 2.00 bits per heavy atom. The molecule has 10 heteroatoms. The molecule has 2 aliphatic rings. The van der Waals surface area contributed by atoms with Crippen molar-refractivity contribution in [3.05, 3.63) is 79.2 Å². The van der Waals surface area contributed by atoms with E-state index in [1.54, 1.807) is 18.9 Å². The largest absolute Gasteiger partial charge is 0.455 e. The topological polar surface area (TPSA) is 111 Å². The van der Waals surface area contributed by atoms with Crippen molar-refractivity contribution < 1.29 is 9.53 Å². The number of ether oxygens (including phenoxy) is 1. The molecule has 3 atom stereocenters. The molecule has 0 unspecified atom stereocenters. The van der Waals surface area contributed by atoms with Gasteiger partial charge in [0.15, 0.2) is 11.5 Å². The zero-order valence-corrected chi connectivity index (χ0v) is 22.3. The summed E-state index contributed by atoms with van der Waals surface area (Å²) in [5, 5.41) is 3.42. The highest BCUT2D eigenvalue weighted by molar-refractivity contribution is 5.89. The predicted molar refractivity (Wildman–Crippen MR) is 152 cm³/mol. The molecule has 0 spiro atoms. The molecule has 2 aliphatic heterocycles. The summed E-state index contributed by atoms with van der Waals surface area (Å²) in [6.45, 7) is 5.68. The molecular weight excluding hydrogens is 504 g/mol. The van der Waals surface area contributed by atoms with Crippen molar-refractivity contribution in [1.29, 1.82) is 0 Å². The first kappa shape index (κ1) is 24.2. The van der Waals surface area contributed by atoms with Gasteiger partial charge in [-0.2, -0.15) is 0 Å². The lowest BCUT2D eigenvalue weighted by atomic mass is 9.86. The van der Waals surface area contributed by atoms with Gasteiger partial charge in [0.25, 0.3) is 0 Å². The van der Waals surface area contributed by atoms with Gasteiger partial charge in [-0.1, -0.05) is 6.58 Å². The van der Waals surface area contributed by atoms with Gasteiger partial charge < -0.3 is 19.5 Å². The molecule has 1 amide bonds. The fourth-order valence-corrected chi connectivity index (χ4v) is 6.17. The molecule has 40 heavy (non-hydrogen) atoms. The third-order valence-corrected chi connectivity index (χ3v) is 8.04. The maximum Gasteiger partial charge on any atom is 0.246 e. The third-order valence-electron chi connectivity index (χ3n) is 8.04. The van der Waals surface area contributed by atoms with E-state index in [2.05, 4.69) is 31.8 Å². The van der Waals surface area contributed by atoms with Gasteiger partial charge in [-0.25, -0.2) is 24.9 Å². The average Bonchev–Trinajstić information content (AvgIpc) is 3.67. The number of carbonyl (C=O) groups is 1. The Balaban J connectivity index is 1.14. The summed E-state index contributed by atoms with van der Waals surface area (Å²) in [6, 6.07) is 12.2. The van der Waals surface area contributed by atoms with Crippen LogP contribution in [0.5, 0.6) is 11.5 Å². The van der Waals surface area contributed by atoms with Crippen LogP contribution in [0.4, 0.5) is 11.5 Å². The summed E-state index contributed by atoms with van der Waals surface area (Å²) < 4.78 is 7.99. The summed E-state index contributed by atoms with van der Waals surface area (Å²) in [6.07, 6.45) is 9.35. The van der Waals surface area contributed by atoms with Crippen LogP contribution in [-0.4, -0.2) is 52.4 Å². The molecule has 6 heterocycles. The first-order valence-electron chi connectivity index (χ1n) is 13.4. The lowest BCUT2D eigenvalue weighted by Gasteiger charge is -2.23. The van der Waals surface area contributed by atoms with Crippen molar-refractivity contribution >= 4 is 39.6 Å². The van der Waals surface area contributed by atoms with Gasteiger partial charge in [0.2, 0.25) is 5.91 Å². The molecule has 0 saturated carbocycles. The third kappa shape index (κ3) is 4.03. The van der Waals surface area contributed by atoms with Gasteiger partial charge in [-0.15, -0.1) is 0 Å². The van der Waals surface area contributed by atoms with Crippen LogP contribution in [0.3, 0.4) is 0 Å². The normalized spacial score (nSPS) is 19.9. The number of rotatable bonds is 6. The second kappa shape index (κ2) is 9.41. The number of carbonyl (C=O) groups excluding carboxylic acids is 1. The lowest BCUT2D eigenvalue weighted by molar-refractivity contribution is -0.127. The number of hydrogen-bond donors (Lipinski definition) is 1. The average molecular weight is 533 g/mol. The second-order valence-corrected chi connectivity index (χ2v) is 10.5. The minimum atomic E-state index is 0.0119. The van der Waals surface area contributed by atoms with E-state index < -0.39 is 0 Å². The van der Waals surface area contributed by atoms with Crippen molar-refractivity contribution in [3.63, 3.8) is 0 Å². The monoisotopic (exact) mass is 532 g/mol. The molecule has 1 N–H and O–H groups in total.